The monoisotopic (exact) mass is 338 g/mol. The maximum absolute atomic E-state index is 5.46. The molecule has 1 aromatic carbocycles. The molecular formula is C18H22N6O. The lowest BCUT2D eigenvalue weighted by atomic mass is 10.2. The molecule has 7 nitrogen and oxygen atoms in total. The van der Waals surface area contributed by atoms with Gasteiger partial charge in [-0.1, -0.05) is 49.3 Å². The Balaban J connectivity index is 1.54. The zero-order valence-corrected chi connectivity index (χ0v) is 14.8. The largest absolute Gasteiger partial charge is 0.338 e. The Hall–Kier alpha value is -2.54. The molecule has 0 fully saturated rings. The predicted octanol–water partition coefficient (Wildman–Crippen LogP) is 3.03. The van der Waals surface area contributed by atoms with Crippen molar-refractivity contribution < 1.29 is 4.52 Å². The molecule has 0 radical (unpaired) electrons. The smallest absolute Gasteiger partial charge is 0.243 e. The van der Waals surface area contributed by atoms with Gasteiger partial charge in [-0.3, -0.25) is 4.90 Å². The second-order valence-electron chi connectivity index (χ2n) is 6.75. The highest BCUT2D eigenvalue weighted by atomic mass is 16.5. The molecule has 0 spiro atoms. The van der Waals surface area contributed by atoms with Gasteiger partial charge in [0.2, 0.25) is 5.89 Å². The summed E-state index contributed by atoms with van der Waals surface area (Å²) in [6, 6.07) is 10.3. The molecule has 4 rings (SSSR count). The third-order valence-corrected chi connectivity index (χ3v) is 4.69. The van der Waals surface area contributed by atoms with E-state index in [4.69, 9.17) is 4.52 Å². The van der Waals surface area contributed by atoms with Gasteiger partial charge in [-0.25, -0.2) is 0 Å². The first-order valence-corrected chi connectivity index (χ1v) is 8.68. The Morgan fingerprint density at radius 2 is 1.84 bits per heavy atom. The summed E-state index contributed by atoms with van der Waals surface area (Å²) in [5.74, 6) is 3.60. The van der Waals surface area contributed by atoms with Crippen LogP contribution in [0.4, 0.5) is 0 Å². The van der Waals surface area contributed by atoms with Crippen molar-refractivity contribution in [2.24, 2.45) is 0 Å². The van der Waals surface area contributed by atoms with Gasteiger partial charge in [0.25, 0.3) is 0 Å². The van der Waals surface area contributed by atoms with Gasteiger partial charge in [0.15, 0.2) is 11.6 Å². The average Bonchev–Trinajstić information content (AvgIpc) is 3.28. The van der Waals surface area contributed by atoms with Crippen molar-refractivity contribution in [1.82, 2.24) is 29.8 Å². The Morgan fingerprint density at radius 1 is 1.04 bits per heavy atom. The molecule has 0 saturated heterocycles. The van der Waals surface area contributed by atoms with Crippen LogP contribution in [0.25, 0.3) is 11.4 Å². The molecule has 3 heterocycles. The maximum atomic E-state index is 5.46. The second-order valence-corrected chi connectivity index (χ2v) is 6.75. The van der Waals surface area contributed by atoms with Gasteiger partial charge in [0, 0.05) is 24.6 Å². The van der Waals surface area contributed by atoms with Gasteiger partial charge in [0.05, 0.1) is 12.6 Å². The van der Waals surface area contributed by atoms with Crippen LogP contribution < -0.4 is 0 Å². The Bertz CT molecular complexity index is 854. The number of fused-ring (bicyclic) bond motifs is 1. The van der Waals surface area contributed by atoms with Crippen molar-refractivity contribution in [1.29, 1.82) is 0 Å². The summed E-state index contributed by atoms with van der Waals surface area (Å²) in [6.07, 6.45) is 0. The average molecular weight is 338 g/mol. The van der Waals surface area contributed by atoms with E-state index in [1.807, 2.05) is 18.2 Å². The number of rotatable bonds is 4. The van der Waals surface area contributed by atoms with Gasteiger partial charge in [-0.05, 0) is 6.92 Å². The molecule has 0 amide bonds. The van der Waals surface area contributed by atoms with E-state index < -0.39 is 0 Å². The van der Waals surface area contributed by atoms with Crippen molar-refractivity contribution in [2.75, 3.05) is 6.54 Å². The van der Waals surface area contributed by atoms with Crippen molar-refractivity contribution in [3.63, 3.8) is 0 Å². The minimum absolute atomic E-state index is 0.0608. The molecule has 0 bridgehead atoms. The van der Waals surface area contributed by atoms with Gasteiger partial charge in [-0.15, -0.1) is 10.2 Å². The van der Waals surface area contributed by atoms with Crippen molar-refractivity contribution in [3.8, 4) is 11.4 Å². The lowest BCUT2D eigenvalue weighted by Gasteiger charge is -2.30. The molecule has 0 aliphatic carbocycles. The summed E-state index contributed by atoms with van der Waals surface area (Å²) in [5.41, 5.74) is 1.10. The van der Waals surface area contributed by atoms with Crippen LogP contribution >= 0.6 is 0 Å². The van der Waals surface area contributed by atoms with E-state index in [9.17, 15) is 0 Å². The highest BCUT2D eigenvalue weighted by Crippen LogP contribution is 2.27. The fourth-order valence-corrected chi connectivity index (χ4v) is 3.12. The third-order valence-electron chi connectivity index (χ3n) is 4.69. The highest BCUT2D eigenvalue weighted by molar-refractivity contribution is 5.55. The zero-order chi connectivity index (χ0) is 17.4. The van der Waals surface area contributed by atoms with E-state index in [-0.39, 0.29) is 12.0 Å². The number of hydrogen-bond acceptors (Lipinski definition) is 6. The van der Waals surface area contributed by atoms with Gasteiger partial charge < -0.3 is 9.09 Å². The quantitative estimate of drug-likeness (QED) is 0.728. The number of aromatic nitrogens is 5. The molecule has 1 atom stereocenters. The van der Waals surface area contributed by atoms with E-state index in [2.05, 4.69) is 62.7 Å². The molecule has 3 aromatic rings. The van der Waals surface area contributed by atoms with E-state index in [1.54, 1.807) is 0 Å². The molecule has 1 unspecified atom stereocenters. The van der Waals surface area contributed by atoms with Gasteiger partial charge in [0.1, 0.15) is 5.82 Å². The molecule has 0 saturated carbocycles. The summed E-state index contributed by atoms with van der Waals surface area (Å²) in [7, 11) is 0. The fraction of sp³-hybridized carbons (Fsp3) is 0.444. The van der Waals surface area contributed by atoms with Crippen LogP contribution in [-0.2, 0) is 13.1 Å². The lowest BCUT2D eigenvalue weighted by molar-refractivity contribution is 0.136. The van der Waals surface area contributed by atoms with E-state index >= 15 is 0 Å². The van der Waals surface area contributed by atoms with Crippen LogP contribution in [0.5, 0.6) is 0 Å². The van der Waals surface area contributed by atoms with Crippen molar-refractivity contribution >= 4 is 0 Å². The number of nitrogens with zero attached hydrogens (tertiary/aromatic N) is 6. The molecule has 130 valence electrons. The van der Waals surface area contributed by atoms with E-state index in [0.717, 1.165) is 42.7 Å². The Morgan fingerprint density at radius 3 is 2.56 bits per heavy atom. The first-order chi connectivity index (χ1) is 12.1. The lowest BCUT2D eigenvalue weighted by Crippen LogP contribution is -2.36. The van der Waals surface area contributed by atoms with Gasteiger partial charge >= 0.3 is 0 Å². The summed E-state index contributed by atoms with van der Waals surface area (Å²) in [6.45, 7) is 8.69. The van der Waals surface area contributed by atoms with E-state index in [1.165, 1.54) is 0 Å². The summed E-state index contributed by atoms with van der Waals surface area (Å²) >= 11 is 0. The highest BCUT2D eigenvalue weighted by Gasteiger charge is 2.28. The number of hydrogen-bond donors (Lipinski definition) is 0. The van der Waals surface area contributed by atoms with Crippen LogP contribution in [0.1, 0.15) is 50.3 Å². The molecule has 1 aliphatic heterocycles. The van der Waals surface area contributed by atoms with Crippen molar-refractivity contribution in [3.05, 3.63) is 47.9 Å². The van der Waals surface area contributed by atoms with Crippen LogP contribution in [0, 0.1) is 0 Å². The molecule has 7 heteroatoms. The minimum atomic E-state index is 0.0608. The Kier molecular flexibility index (Phi) is 4.09. The minimum Gasteiger partial charge on any atom is -0.338 e. The summed E-state index contributed by atoms with van der Waals surface area (Å²) in [5, 5.41) is 12.9. The number of benzene rings is 1. The molecule has 2 aromatic heterocycles. The normalized spacial score (nSPS) is 16.2. The zero-order valence-electron chi connectivity index (χ0n) is 14.8. The standard InChI is InChI=1S/C18H22N6O/c1-12(2)16-19-18(25-22-16)13(3)23-9-10-24-15(11-23)20-21-17(24)14-7-5-4-6-8-14/h4-8,12-13H,9-11H2,1-3H3. The van der Waals surface area contributed by atoms with E-state index in [0.29, 0.717) is 5.89 Å². The predicted molar refractivity (Wildman–Crippen MR) is 92.7 cm³/mol. The van der Waals surface area contributed by atoms with Crippen molar-refractivity contribution in [2.45, 2.75) is 45.8 Å². The van der Waals surface area contributed by atoms with Crippen LogP contribution in [-0.4, -0.2) is 36.3 Å². The summed E-state index contributed by atoms with van der Waals surface area (Å²) < 4.78 is 7.66. The van der Waals surface area contributed by atoms with Crippen LogP contribution in [0.3, 0.4) is 0 Å². The Labute approximate surface area is 146 Å². The van der Waals surface area contributed by atoms with Gasteiger partial charge in [-0.2, -0.15) is 4.98 Å². The molecule has 0 N–H and O–H groups in total. The van der Waals surface area contributed by atoms with Crippen LogP contribution in [0.2, 0.25) is 0 Å². The molecular weight excluding hydrogens is 316 g/mol. The first-order valence-electron chi connectivity index (χ1n) is 8.68. The van der Waals surface area contributed by atoms with Crippen LogP contribution in [0.15, 0.2) is 34.9 Å². The maximum Gasteiger partial charge on any atom is 0.243 e. The topological polar surface area (TPSA) is 72.9 Å². The SMILES string of the molecule is CC(C)c1noc(C(C)N2CCn3c(nnc3-c3ccccc3)C2)n1. The fourth-order valence-electron chi connectivity index (χ4n) is 3.12. The summed E-state index contributed by atoms with van der Waals surface area (Å²) in [4.78, 5) is 6.83. The molecule has 25 heavy (non-hydrogen) atoms. The second kappa shape index (κ2) is 6.40. The molecule has 1 aliphatic rings. The first kappa shape index (κ1) is 16.0. The third kappa shape index (κ3) is 2.95.